The van der Waals surface area contributed by atoms with Crippen molar-refractivity contribution in [1.29, 1.82) is 0 Å². The number of esters is 2. The van der Waals surface area contributed by atoms with E-state index in [1.807, 2.05) is 31.2 Å². The average Bonchev–Trinajstić information content (AvgIpc) is 3.61. The molecule has 4 aromatic rings. The van der Waals surface area contributed by atoms with Crippen molar-refractivity contribution in [3.8, 4) is 17.1 Å². The van der Waals surface area contributed by atoms with Gasteiger partial charge in [0.2, 0.25) is 0 Å². The van der Waals surface area contributed by atoms with Gasteiger partial charge < -0.3 is 18.6 Å². The number of carbonyl (C=O) groups is 2. The molecular weight excluding hydrogens is 568 g/mol. The van der Waals surface area contributed by atoms with Crippen LogP contribution >= 0.6 is 11.3 Å². The predicted molar refractivity (Wildman–Crippen MR) is 163 cm³/mol. The molecule has 1 aliphatic heterocycles. The summed E-state index contributed by atoms with van der Waals surface area (Å²) in [5, 5.41) is 0. The van der Waals surface area contributed by atoms with Crippen LogP contribution in [0.3, 0.4) is 0 Å². The summed E-state index contributed by atoms with van der Waals surface area (Å²) in [6.45, 7) is 6.03. The number of aromatic nitrogens is 1. The first-order valence-corrected chi connectivity index (χ1v) is 14.9. The molecule has 9 nitrogen and oxygen atoms in total. The summed E-state index contributed by atoms with van der Waals surface area (Å²) in [6.07, 6.45) is 2.99. The molecule has 0 bridgehead atoms. The zero-order valence-corrected chi connectivity index (χ0v) is 25.2. The number of hydrogen-bond acceptors (Lipinski definition) is 9. The summed E-state index contributed by atoms with van der Waals surface area (Å²) < 4.78 is 24.0. The Labute approximate surface area is 252 Å². The van der Waals surface area contributed by atoms with Crippen LogP contribution in [0.4, 0.5) is 0 Å². The fourth-order valence-electron chi connectivity index (χ4n) is 4.95. The number of thiazole rings is 1. The number of allylic oxidation sites excluding steroid dienone is 1. The molecule has 10 heteroatoms. The van der Waals surface area contributed by atoms with E-state index < -0.39 is 12.0 Å². The van der Waals surface area contributed by atoms with Gasteiger partial charge in [0, 0.05) is 11.6 Å². The van der Waals surface area contributed by atoms with Gasteiger partial charge in [-0.3, -0.25) is 9.36 Å². The van der Waals surface area contributed by atoms with Gasteiger partial charge in [0.25, 0.3) is 5.56 Å². The molecule has 2 aromatic carbocycles. The average molecular weight is 601 g/mol. The molecule has 43 heavy (non-hydrogen) atoms. The Kier molecular flexibility index (Phi) is 9.06. The van der Waals surface area contributed by atoms with E-state index in [4.69, 9.17) is 23.6 Å². The first-order valence-electron chi connectivity index (χ1n) is 14.1. The Hall–Kier alpha value is -4.70. The Morgan fingerprint density at radius 1 is 1.00 bits per heavy atom. The Morgan fingerprint density at radius 2 is 1.74 bits per heavy atom. The number of rotatable bonds is 10. The standard InChI is InChI=1S/C33H32N2O7S/c1-5-9-25-28(32(38)41-7-3)29(22-10-8-11-23(18-22)39-4)35-30(36)27(43-33(35)34-25)19-24-16-17-26(42-24)20-12-14-21(15-13-20)31(37)40-6-2/h8,10-19,29H,5-7,9H2,1-4H3/b27-19-. The van der Waals surface area contributed by atoms with E-state index in [-0.39, 0.29) is 18.1 Å². The van der Waals surface area contributed by atoms with Gasteiger partial charge in [0.05, 0.1) is 47.7 Å². The third-order valence-corrected chi connectivity index (χ3v) is 7.87. The first kappa shape index (κ1) is 29.8. The zero-order valence-electron chi connectivity index (χ0n) is 24.4. The molecule has 5 rings (SSSR count). The molecule has 0 N–H and O–H groups in total. The number of benzene rings is 2. The molecule has 0 radical (unpaired) electrons. The fourth-order valence-corrected chi connectivity index (χ4v) is 5.95. The maximum absolute atomic E-state index is 14.0. The normalized spacial score (nSPS) is 14.7. The largest absolute Gasteiger partial charge is 0.497 e. The highest BCUT2D eigenvalue weighted by Gasteiger charge is 2.34. The minimum Gasteiger partial charge on any atom is -0.497 e. The van der Waals surface area contributed by atoms with Gasteiger partial charge in [-0.1, -0.05) is 48.9 Å². The molecule has 2 aromatic heterocycles. The van der Waals surface area contributed by atoms with Crippen LogP contribution in [0.2, 0.25) is 0 Å². The number of fused-ring (bicyclic) bond motifs is 1. The van der Waals surface area contributed by atoms with Crippen LogP contribution in [0, 0.1) is 0 Å². The lowest BCUT2D eigenvalue weighted by Crippen LogP contribution is -2.40. The lowest BCUT2D eigenvalue weighted by molar-refractivity contribution is -0.139. The van der Waals surface area contributed by atoms with E-state index in [1.165, 1.54) is 11.3 Å². The molecule has 0 saturated carbocycles. The predicted octanol–water partition coefficient (Wildman–Crippen LogP) is 5.02. The van der Waals surface area contributed by atoms with Gasteiger partial charge in [-0.05, 0) is 62.2 Å². The Balaban J connectivity index is 1.59. The van der Waals surface area contributed by atoms with E-state index in [0.717, 1.165) is 12.0 Å². The van der Waals surface area contributed by atoms with Crippen molar-refractivity contribution in [2.24, 2.45) is 4.99 Å². The van der Waals surface area contributed by atoms with Crippen molar-refractivity contribution in [3.63, 3.8) is 0 Å². The molecule has 1 atom stereocenters. The maximum Gasteiger partial charge on any atom is 0.338 e. The lowest BCUT2D eigenvalue weighted by Gasteiger charge is -2.26. The van der Waals surface area contributed by atoms with E-state index in [9.17, 15) is 14.4 Å². The molecule has 0 aliphatic carbocycles. The van der Waals surface area contributed by atoms with Gasteiger partial charge in [-0.2, -0.15) is 0 Å². The van der Waals surface area contributed by atoms with E-state index in [0.29, 0.717) is 62.0 Å². The number of furan rings is 1. The van der Waals surface area contributed by atoms with Crippen LogP contribution in [0.1, 0.15) is 61.3 Å². The summed E-state index contributed by atoms with van der Waals surface area (Å²) >= 11 is 1.24. The summed E-state index contributed by atoms with van der Waals surface area (Å²) in [6, 6.07) is 17.1. The third kappa shape index (κ3) is 6.10. The van der Waals surface area contributed by atoms with Crippen molar-refractivity contribution >= 4 is 29.4 Å². The summed E-state index contributed by atoms with van der Waals surface area (Å²) in [5.74, 6) is 0.784. The second-order valence-corrected chi connectivity index (χ2v) is 10.7. The molecule has 1 aliphatic rings. The number of hydrogen-bond donors (Lipinski definition) is 0. The zero-order chi connectivity index (χ0) is 30.5. The van der Waals surface area contributed by atoms with Crippen molar-refractivity contribution in [1.82, 2.24) is 4.57 Å². The van der Waals surface area contributed by atoms with Crippen LogP contribution < -0.4 is 19.6 Å². The van der Waals surface area contributed by atoms with Gasteiger partial charge in [-0.25, -0.2) is 14.6 Å². The van der Waals surface area contributed by atoms with Crippen LogP contribution in [0.25, 0.3) is 17.4 Å². The minimum absolute atomic E-state index is 0.198. The maximum atomic E-state index is 14.0. The van der Waals surface area contributed by atoms with Crippen molar-refractivity contribution < 1.29 is 28.2 Å². The third-order valence-electron chi connectivity index (χ3n) is 6.88. The second-order valence-electron chi connectivity index (χ2n) is 9.69. The highest BCUT2D eigenvalue weighted by atomic mass is 32.1. The Morgan fingerprint density at radius 3 is 2.44 bits per heavy atom. The Bertz CT molecular complexity index is 1860. The van der Waals surface area contributed by atoms with Gasteiger partial charge in [0.1, 0.15) is 17.3 Å². The highest BCUT2D eigenvalue weighted by molar-refractivity contribution is 7.07. The number of methoxy groups -OCH3 is 1. The molecule has 0 saturated heterocycles. The van der Waals surface area contributed by atoms with Crippen LogP contribution in [-0.2, 0) is 14.3 Å². The SMILES string of the molecule is CCCC1=C(C(=O)OCC)C(c2cccc(OC)c2)n2c(s/c(=C\c3ccc(-c4ccc(C(=O)OCC)cc4)o3)c2=O)=N1. The van der Waals surface area contributed by atoms with E-state index in [2.05, 4.69) is 0 Å². The van der Waals surface area contributed by atoms with Gasteiger partial charge in [-0.15, -0.1) is 0 Å². The number of nitrogens with zero attached hydrogens (tertiary/aromatic N) is 2. The van der Waals surface area contributed by atoms with Gasteiger partial charge in [0.15, 0.2) is 4.80 Å². The van der Waals surface area contributed by atoms with Crippen LogP contribution in [0.15, 0.2) is 86.1 Å². The molecule has 0 amide bonds. The molecule has 1 unspecified atom stereocenters. The highest BCUT2D eigenvalue weighted by Crippen LogP contribution is 2.34. The van der Waals surface area contributed by atoms with E-state index in [1.54, 1.807) is 68.0 Å². The smallest absolute Gasteiger partial charge is 0.338 e. The summed E-state index contributed by atoms with van der Waals surface area (Å²) in [5.41, 5.74) is 2.59. The van der Waals surface area contributed by atoms with Crippen LogP contribution in [0.5, 0.6) is 5.75 Å². The molecule has 0 fully saturated rings. The monoisotopic (exact) mass is 600 g/mol. The number of ether oxygens (including phenoxy) is 3. The molecule has 0 spiro atoms. The topological polar surface area (TPSA) is 109 Å². The molecule has 222 valence electrons. The van der Waals surface area contributed by atoms with E-state index >= 15 is 0 Å². The van der Waals surface area contributed by atoms with Crippen LogP contribution in [-0.4, -0.2) is 36.8 Å². The quantitative estimate of drug-likeness (QED) is 0.235. The molecular formula is C33H32N2O7S. The molecule has 3 heterocycles. The number of carbonyl (C=O) groups excluding carboxylic acids is 2. The lowest BCUT2D eigenvalue weighted by atomic mass is 9.94. The summed E-state index contributed by atoms with van der Waals surface area (Å²) in [4.78, 5) is 44.6. The van der Waals surface area contributed by atoms with Gasteiger partial charge >= 0.3 is 11.9 Å². The minimum atomic E-state index is -0.737. The first-order chi connectivity index (χ1) is 20.9. The van der Waals surface area contributed by atoms with Crippen molar-refractivity contribution in [3.05, 3.63) is 109 Å². The van der Waals surface area contributed by atoms with Crippen molar-refractivity contribution in [2.75, 3.05) is 20.3 Å². The second kappa shape index (κ2) is 13.1. The summed E-state index contributed by atoms with van der Waals surface area (Å²) in [7, 11) is 1.57. The van der Waals surface area contributed by atoms with Crippen molar-refractivity contribution in [2.45, 2.75) is 39.7 Å². The fraction of sp³-hybridized carbons (Fsp3) is 0.273.